The fraction of sp³-hybridized carbons (Fsp3) is 0.222. The Bertz CT molecular complexity index is 1320. The van der Waals surface area contributed by atoms with Gasteiger partial charge in [-0.1, -0.05) is 42.0 Å². The monoisotopic (exact) mass is 407 g/mol. The van der Waals surface area contributed by atoms with Gasteiger partial charge in [-0.05, 0) is 74.1 Å². The van der Waals surface area contributed by atoms with Crippen molar-refractivity contribution in [2.75, 3.05) is 0 Å². The van der Waals surface area contributed by atoms with E-state index in [-0.39, 0.29) is 5.91 Å². The molecule has 1 aliphatic rings. The summed E-state index contributed by atoms with van der Waals surface area (Å²) in [5.74, 6) is 0.00698. The van der Waals surface area contributed by atoms with Crippen LogP contribution in [-0.2, 0) is 0 Å². The minimum absolute atomic E-state index is 0.00698. The molecule has 1 aliphatic carbocycles. The van der Waals surface area contributed by atoms with E-state index in [2.05, 4.69) is 72.7 Å². The van der Waals surface area contributed by atoms with Crippen LogP contribution in [0.15, 0.2) is 60.8 Å². The summed E-state index contributed by atoms with van der Waals surface area (Å²) >= 11 is 0. The maximum Gasteiger partial charge on any atom is 0.251 e. The topological polar surface area (TPSA) is 54.9 Å². The zero-order valence-electron chi connectivity index (χ0n) is 18.1. The molecule has 1 saturated carbocycles. The molecule has 1 amide bonds. The van der Waals surface area contributed by atoms with E-state index in [0.29, 0.717) is 11.6 Å². The number of fused-ring (bicyclic) bond motifs is 1. The van der Waals surface area contributed by atoms with Gasteiger partial charge in [0.05, 0.1) is 6.20 Å². The van der Waals surface area contributed by atoms with Crippen LogP contribution in [0.2, 0.25) is 0 Å². The summed E-state index contributed by atoms with van der Waals surface area (Å²) in [6, 6.07) is 19.0. The number of hydrogen-bond acceptors (Lipinski definition) is 3. The first-order valence-electron chi connectivity index (χ1n) is 10.7. The molecule has 1 heterocycles. The van der Waals surface area contributed by atoms with E-state index in [1.807, 2.05) is 24.4 Å². The normalized spacial score (nSPS) is 13.4. The molecule has 1 fully saturated rings. The highest BCUT2D eigenvalue weighted by atomic mass is 16.1. The average Bonchev–Trinajstić information content (AvgIpc) is 3.57. The lowest BCUT2D eigenvalue weighted by atomic mass is 9.94. The Kier molecular flexibility index (Phi) is 4.78. The molecule has 4 aromatic rings. The number of amides is 1. The first kappa shape index (κ1) is 19.4. The first-order valence-corrected chi connectivity index (χ1v) is 10.7. The lowest BCUT2D eigenvalue weighted by molar-refractivity contribution is 0.0951. The van der Waals surface area contributed by atoms with Gasteiger partial charge in [-0.25, -0.2) is 0 Å². The molecule has 3 aromatic carbocycles. The van der Waals surface area contributed by atoms with Gasteiger partial charge in [0.1, 0.15) is 5.69 Å². The third kappa shape index (κ3) is 3.81. The quantitative estimate of drug-likeness (QED) is 0.466. The van der Waals surface area contributed by atoms with Crippen LogP contribution in [0.3, 0.4) is 0 Å². The Hall–Kier alpha value is -3.53. The van der Waals surface area contributed by atoms with E-state index in [1.54, 1.807) is 0 Å². The van der Waals surface area contributed by atoms with E-state index in [0.717, 1.165) is 51.6 Å². The second-order valence-electron chi connectivity index (χ2n) is 8.59. The number of carbonyl (C=O) groups is 1. The Labute approximate surface area is 182 Å². The van der Waals surface area contributed by atoms with Gasteiger partial charge in [0.25, 0.3) is 5.91 Å². The van der Waals surface area contributed by atoms with E-state index < -0.39 is 0 Å². The lowest BCUT2D eigenvalue weighted by Crippen LogP contribution is -2.25. The predicted octanol–water partition coefficient (Wildman–Crippen LogP) is 5.78. The fourth-order valence-electron chi connectivity index (χ4n) is 4.10. The van der Waals surface area contributed by atoms with Gasteiger partial charge in [-0.2, -0.15) is 5.10 Å². The number of aromatic nitrogens is 2. The van der Waals surface area contributed by atoms with Crippen LogP contribution in [0, 0.1) is 20.8 Å². The lowest BCUT2D eigenvalue weighted by Gasteiger charge is -2.12. The minimum atomic E-state index is 0.00698. The summed E-state index contributed by atoms with van der Waals surface area (Å²) in [6.07, 6.45) is 3.97. The summed E-state index contributed by atoms with van der Waals surface area (Å²) in [5.41, 5.74) is 8.41. The molecule has 154 valence electrons. The van der Waals surface area contributed by atoms with Crippen molar-refractivity contribution >= 4 is 16.7 Å². The number of aryl methyl sites for hydroxylation is 3. The molecule has 1 N–H and O–H groups in total. The highest BCUT2D eigenvalue weighted by molar-refractivity contribution is 5.99. The molecule has 0 atom stereocenters. The Balaban J connectivity index is 1.57. The molecule has 0 saturated heterocycles. The van der Waals surface area contributed by atoms with E-state index in [9.17, 15) is 4.79 Å². The van der Waals surface area contributed by atoms with E-state index in [1.165, 1.54) is 11.1 Å². The van der Waals surface area contributed by atoms with Crippen LogP contribution < -0.4 is 5.32 Å². The molecule has 1 aromatic heterocycles. The van der Waals surface area contributed by atoms with Gasteiger partial charge in [0.15, 0.2) is 0 Å². The SMILES string of the molecule is Cc1ccc(-c2nncc3cc(-c4cc(C(=O)NC5CC5)ccc4C)ccc23)c(C)c1. The van der Waals surface area contributed by atoms with Gasteiger partial charge >= 0.3 is 0 Å². The smallest absolute Gasteiger partial charge is 0.251 e. The molecular formula is C27H25N3O. The van der Waals surface area contributed by atoms with Crippen LogP contribution in [0.25, 0.3) is 33.2 Å². The number of hydrogen-bond donors (Lipinski definition) is 1. The fourth-order valence-corrected chi connectivity index (χ4v) is 4.10. The molecule has 31 heavy (non-hydrogen) atoms. The van der Waals surface area contributed by atoms with Crippen LogP contribution in [0.4, 0.5) is 0 Å². The maximum absolute atomic E-state index is 12.5. The highest BCUT2D eigenvalue weighted by Crippen LogP contribution is 2.33. The van der Waals surface area contributed by atoms with Gasteiger partial charge in [-0.15, -0.1) is 5.10 Å². The Morgan fingerprint density at radius 3 is 2.52 bits per heavy atom. The molecule has 4 heteroatoms. The van der Waals surface area contributed by atoms with E-state index in [4.69, 9.17) is 0 Å². The molecule has 0 radical (unpaired) electrons. The van der Waals surface area contributed by atoms with Crippen molar-refractivity contribution in [3.8, 4) is 22.4 Å². The molecule has 0 bridgehead atoms. The number of benzene rings is 3. The van der Waals surface area contributed by atoms with Gasteiger partial charge in [-0.3, -0.25) is 4.79 Å². The summed E-state index contributed by atoms with van der Waals surface area (Å²) in [4.78, 5) is 12.5. The summed E-state index contributed by atoms with van der Waals surface area (Å²) < 4.78 is 0. The van der Waals surface area contributed by atoms with Crippen molar-refractivity contribution in [1.29, 1.82) is 0 Å². The number of carbonyl (C=O) groups excluding carboxylic acids is 1. The van der Waals surface area contributed by atoms with Gasteiger partial charge in [0, 0.05) is 27.9 Å². The molecule has 0 unspecified atom stereocenters. The van der Waals surface area contributed by atoms with Crippen LogP contribution in [0.5, 0.6) is 0 Å². The van der Waals surface area contributed by atoms with Crippen molar-refractivity contribution in [2.45, 2.75) is 39.7 Å². The summed E-state index contributed by atoms with van der Waals surface area (Å²) in [6.45, 7) is 6.28. The maximum atomic E-state index is 12.5. The summed E-state index contributed by atoms with van der Waals surface area (Å²) in [7, 11) is 0. The molecule has 4 nitrogen and oxygen atoms in total. The molecule has 5 rings (SSSR count). The van der Waals surface area contributed by atoms with Crippen molar-refractivity contribution in [1.82, 2.24) is 15.5 Å². The van der Waals surface area contributed by atoms with Crippen molar-refractivity contribution in [2.24, 2.45) is 0 Å². The van der Waals surface area contributed by atoms with Crippen LogP contribution >= 0.6 is 0 Å². The number of nitrogens with one attached hydrogen (secondary N) is 1. The average molecular weight is 408 g/mol. The third-order valence-corrected chi connectivity index (χ3v) is 6.02. The number of nitrogens with zero attached hydrogens (tertiary/aromatic N) is 2. The van der Waals surface area contributed by atoms with Crippen molar-refractivity contribution in [3.05, 3.63) is 83.0 Å². The largest absolute Gasteiger partial charge is 0.349 e. The molecular weight excluding hydrogens is 382 g/mol. The Morgan fingerprint density at radius 2 is 1.74 bits per heavy atom. The zero-order valence-corrected chi connectivity index (χ0v) is 18.1. The second-order valence-corrected chi connectivity index (χ2v) is 8.59. The van der Waals surface area contributed by atoms with Crippen molar-refractivity contribution in [3.63, 3.8) is 0 Å². The Morgan fingerprint density at radius 1 is 0.903 bits per heavy atom. The predicted molar refractivity (Wildman–Crippen MR) is 125 cm³/mol. The zero-order chi connectivity index (χ0) is 21.5. The van der Waals surface area contributed by atoms with Crippen LogP contribution in [0.1, 0.15) is 39.9 Å². The van der Waals surface area contributed by atoms with Crippen LogP contribution in [-0.4, -0.2) is 22.1 Å². The van der Waals surface area contributed by atoms with Crippen molar-refractivity contribution < 1.29 is 4.79 Å². The molecule has 0 aliphatic heterocycles. The highest BCUT2D eigenvalue weighted by Gasteiger charge is 2.24. The standard InChI is InChI=1S/C27H25N3O/c1-16-4-10-23(18(3)12-16)26-24-11-7-19(13-21(24)15-28-30-26)25-14-20(6-5-17(25)2)27(31)29-22-8-9-22/h4-7,10-15,22H,8-9H2,1-3H3,(H,29,31). The van der Waals surface area contributed by atoms with Gasteiger partial charge in [0.2, 0.25) is 0 Å². The first-order chi connectivity index (χ1) is 15.0. The van der Waals surface area contributed by atoms with E-state index >= 15 is 0 Å². The third-order valence-electron chi connectivity index (χ3n) is 6.02. The minimum Gasteiger partial charge on any atom is -0.349 e. The molecule has 0 spiro atoms. The summed E-state index contributed by atoms with van der Waals surface area (Å²) in [5, 5.41) is 13.9. The second kappa shape index (κ2) is 7.62. The van der Waals surface area contributed by atoms with Gasteiger partial charge < -0.3 is 5.32 Å². The number of rotatable bonds is 4.